The predicted octanol–water partition coefficient (Wildman–Crippen LogP) is 0.598. The Morgan fingerprint density at radius 2 is 2.04 bits per heavy atom. The number of carbonyl (C=O) groups is 1. The summed E-state index contributed by atoms with van der Waals surface area (Å²) in [5.74, 6) is -0.459. The molecule has 0 atom stereocenters. The molecule has 25 heavy (non-hydrogen) atoms. The Labute approximate surface area is 139 Å². The van der Waals surface area contributed by atoms with E-state index < -0.39 is 29.8 Å². The van der Waals surface area contributed by atoms with E-state index in [2.05, 4.69) is 5.10 Å². The number of hydrogen-bond acceptors (Lipinski definition) is 4. The van der Waals surface area contributed by atoms with Gasteiger partial charge in [0.25, 0.3) is 5.56 Å². The number of nitrogens with zero attached hydrogens (tertiary/aromatic N) is 4. The highest BCUT2D eigenvalue weighted by Crippen LogP contribution is 2.28. The Morgan fingerprint density at radius 3 is 2.72 bits per heavy atom. The molecule has 0 aliphatic carbocycles. The summed E-state index contributed by atoms with van der Waals surface area (Å²) in [5, 5.41) is 13.2. The first-order chi connectivity index (χ1) is 11.8. The number of halogens is 3. The van der Waals surface area contributed by atoms with Gasteiger partial charge in [0.15, 0.2) is 0 Å². The first-order valence-electron chi connectivity index (χ1n) is 7.50. The SMILES string of the molecule is O=C(Cn1cc(C(F)(F)F)ccc1=O)N1CCn2nc(CO)cc2C1. The molecule has 3 rings (SSSR count). The monoisotopic (exact) mass is 356 g/mol. The summed E-state index contributed by atoms with van der Waals surface area (Å²) in [6.07, 6.45) is -3.94. The van der Waals surface area contributed by atoms with Crippen LogP contribution < -0.4 is 5.56 Å². The molecule has 1 aliphatic rings. The van der Waals surface area contributed by atoms with Crippen LogP contribution in [-0.4, -0.2) is 36.8 Å². The van der Waals surface area contributed by atoms with E-state index in [1.165, 1.54) is 4.90 Å². The van der Waals surface area contributed by atoms with E-state index in [0.29, 0.717) is 31.0 Å². The molecule has 3 heterocycles. The van der Waals surface area contributed by atoms with Crippen molar-refractivity contribution in [1.29, 1.82) is 0 Å². The Kier molecular flexibility index (Phi) is 4.38. The smallest absolute Gasteiger partial charge is 0.390 e. The van der Waals surface area contributed by atoms with Gasteiger partial charge in [0.1, 0.15) is 6.54 Å². The van der Waals surface area contributed by atoms with Crippen molar-refractivity contribution in [2.75, 3.05) is 6.54 Å². The molecule has 1 amide bonds. The van der Waals surface area contributed by atoms with Gasteiger partial charge in [0, 0.05) is 18.8 Å². The molecule has 7 nitrogen and oxygen atoms in total. The van der Waals surface area contributed by atoms with Crippen LogP contribution in [0.2, 0.25) is 0 Å². The molecule has 10 heteroatoms. The number of aromatic nitrogens is 3. The third-order valence-electron chi connectivity index (χ3n) is 3.98. The van der Waals surface area contributed by atoms with Crippen molar-refractivity contribution in [1.82, 2.24) is 19.2 Å². The van der Waals surface area contributed by atoms with Gasteiger partial charge in [-0.25, -0.2) is 0 Å². The van der Waals surface area contributed by atoms with Crippen molar-refractivity contribution in [3.05, 3.63) is 51.7 Å². The molecule has 134 valence electrons. The van der Waals surface area contributed by atoms with E-state index in [-0.39, 0.29) is 13.2 Å². The van der Waals surface area contributed by atoms with Crippen molar-refractivity contribution >= 4 is 5.91 Å². The number of pyridine rings is 1. The van der Waals surface area contributed by atoms with Crippen molar-refractivity contribution < 1.29 is 23.1 Å². The molecule has 1 aliphatic heterocycles. The van der Waals surface area contributed by atoms with Crippen molar-refractivity contribution in [2.45, 2.75) is 32.4 Å². The molecule has 1 N–H and O–H groups in total. The first-order valence-corrected chi connectivity index (χ1v) is 7.50. The van der Waals surface area contributed by atoms with Gasteiger partial charge < -0.3 is 14.6 Å². The number of amides is 1. The van der Waals surface area contributed by atoms with Gasteiger partial charge in [0.2, 0.25) is 5.91 Å². The van der Waals surface area contributed by atoms with Gasteiger partial charge >= 0.3 is 6.18 Å². The van der Waals surface area contributed by atoms with E-state index in [1.807, 2.05) is 0 Å². The minimum atomic E-state index is -4.59. The quantitative estimate of drug-likeness (QED) is 0.873. The zero-order chi connectivity index (χ0) is 18.2. The second kappa shape index (κ2) is 6.36. The van der Waals surface area contributed by atoms with Crippen LogP contribution in [-0.2, 0) is 37.2 Å². The lowest BCUT2D eigenvalue weighted by Gasteiger charge is -2.28. The second-order valence-corrected chi connectivity index (χ2v) is 5.71. The van der Waals surface area contributed by atoms with E-state index in [9.17, 15) is 22.8 Å². The minimum absolute atomic E-state index is 0.215. The molecule has 0 fully saturated rings. The molecule has 0 unspecified atom stereocenters. The standard InChI is InChI=1S/C15H15F3N4O3/c16-15(17,18)10-1-2-13(24)21(6-10)8-14(25)20-3-4-22-12(7-20)5-11(9-23)19-22/h1-2,5-6,23H,3-4,7-9H2. The molecule has 0 spiro atoms. The van der Waals surface area contributed by atoms with Gasteiger partial charge in [-0.2, -0.15) is 18.3 Å². The lowest BCUT2D eigenvalue weighted by molar-refractivity contribution is -0.139. The van der Waals surface area contributed by atoms with Crippen LogP contribution in [0.1, 0.15) is 17.0 Å². The van der Waals surface area contributed by atoms with Crippen LogP contribution in [0.25, 0.3) is 0 Å². The highest BCUT2D eigenvalue weighted by Gasteiger charge is 2.31. The van der Waals surface area contributed by atoms with Crippen molar-refractivity contribution in [2.24, 2.45) is 0 Å². The van der Waals surface area contributed by atoms with E-state index in [1.54, 1.807) is 10.7 Å². The van der Waals surface area contributed by atoms with E-state index in [4.69, 9.17) is 5.11 Å². The third-order valence-corrected chi connectivity index (χ3v) is 3.98. The number of hydrogen-bond donors (Lipinski definition) is 1. The van der Waals surface area contributed by atoms with E-state index >= 15 is 0 Å². The lowest BCUT2D eigenvalue weighted by Crippen LogP contribution is -2.41. The molecular weight excluding hydrogens is 341 g/mol. The fourth-order valence-corrected chi connectivity index (χ4v) is 2.68. The van der Waals surface area contributed by atoms with Gasteiger partial charge in [-0.1, -0.05) is 0 Å². The van der Waals surface area contributed by atoms with Crippen LogP contribution in [0.15, 0.2) is 29.2 Å². The molecule has 0 radical (unpaired) electrons. The number of alkyl halides is 3. The predicted molar refractivity (Wildman–Crippen MR) is 79.3 cm³/mol. The largest absolute Gasteiger partial charge is 0.417 e. The zero-order valence-corrected chi connectivity index (χ0v) is 13.0. The molecule has 0 aromatic carbocycles. The fourth-order valence-electron chi connectivity index (χ4n) is 2.68. The average molecular weight is 356 g/mol. The highest BCUT2D eigenvalue weighted by molar-refractivity contribution is 5.76. The van der Waals surface area contributed by atoms with Gasteiger partial charge in [-0.3, -0.25) is 14.3 Å². The average Bonchev–Trinajstić information content (AvgIpc) is 2.98. The zero-order valence-electron chi connectivity index (χ0n) is 13.0. The maximum Gasteiger partial charge on any atom is 0.417 e. The number of aliphatic hydroxyl groups is 1. The molecule has 0 bridgehead atoms. The summed E-state index contributed by atoms with van der Waals surface area (Å²) in [4.78, 5) is 25.6. The molecule has 2 aromatic heterocycles. The van der Waals surface area contributed by atoms with Gasteiger partial charge in [-0.15, -0.1) is 0 Å². The third kappa shape index (κ3) is 3.58. The normalized spacial score (nSPS) is 14.5. The lowest BCUT2D eigenvalue weighted by atomic mass is 10.2. The van der Waals surface area contributed by atoms with Gasteiger partial charge in [-0.05, 0) is 12.1 Å². The summed E-state index contributed by atoms with van der Waals surface area (Å²) in [6.45, 7) is 0.279. The molecule has 0 saturated carbocycles. The number of carbonyl (C=O) groups excluding carboxylic acids is 1. The maximum atomic E-state index is 12.8. The highest BCUT2D eigenvalue weighted by atomic mass is 19.4. The number of rotatable bonds is 3. The summed E-state index contributed by atoms with van der Waals surface area (Å²) >= 11 is 0. The maximum absolute atomic E-state index is 12.8. The van der Waals surface area contributed by atoms with Crippen molar-refractivity contribution in [3.63, 3.8) is 0 Å². The Morgan fingerprint density at radius 1 is 1.28 bits per heavy atom. The van der Waals surface area contributed by atoms with Crippen LogP contribution in [0.5, 0.6) is 0 Å². The minimum Gasteiger partial charge on any atom is -0.390 e. The fraction of sp³-hybridized carbons (Fsp3) is 0.400. The summed E-state index contributed by atoms with van der Waals surface area (Å²) in [7, 11) is 0. The summed E-state index contributed by atoms with van der Waals surface area (Å²) in [6, 6.07) is 3.16. The Bertz CT molecular complexity index is 856. The first kappa shape index (κ1) is 17.2. The van der Waals surface area contributed by atoms with Crippen LogP contribution in [0.3, 0.4) is 0 Å². The van der Waals surface area contributed by atoms with Crippen molar-refractivity contribution in [3.8, 4) is 0 Å². The second-order valence-electron chi connectivity index (χ2n) is 5.71. The van der Waals surface area contributed by atoms with Gasteiger partial charge in [0.05, 0.1) is 36.6 Å². The number of fused-ring (bicyclic) bond motifs is 1. The Hall–Kier alpha value is -2.62. The number of aliphatic hydroxyl groups excluding tert-OH is 1. The summed E-state index contributed by atoms with van der Waals surface area (Å²) < 4.78 is 40.7. The Balaban J connectivity index is 1.76. The van der Waals surface area contributed by atoms with Crippen LogP contribution >= 0.6 is 0 Å². The molecular formula is C15H15F3N4O3. The van der Waals surface area contributed by atoms with Crippen LogP contribution in [0.4, 0.5) is 13.2 Å². The van der Waals surface area contributed by atoms with E-state index in [0.717, 1.165) is 16.3 Å². The summed E-state index contributed by atoms with van der Waals surface area (Å²) in [5.41, 5.74) is -0.450. The van der Waals surface area contributed by atoms with Crippen LogP contribution in [0, 0.1) is 0 Å². The molecule has 0 saturated heterocycles. The molecule has 2 aromatic rings. The topological polar surface area (TPSA) is 80.4 Å².